The molecule has 86 valence electrons. The van der Waals surface area contributed by atoms with E-state index in [1.54, 1.807) is 0 Å². The molecule has 1 fully saturated rings. The van der Waals surface area contributed by atoms with Crippen molar-refractivity contribution in [1.29, 1.82) is 0 Å². The second-order valence-electron chi connectivity index (χ2n) is 4.25. The molecule has 0 radical (unpaired) electrons. The Hall–Kier alpha value is -1.51. The number of cyclic esters (lactones) is 1. The largest absolute Gasteiger partial charge is 0.491 e. The number of rotatable bonds is 3. The minimum Gasteiger partial charge on any atom is -0.491 e. The molecular weight excluding hydrogens is 204 g/mol. The van der Waals surface area contributed by atoms with Gasteiger partial charge in [0.1, 0.15) is 11.9 Å². The summed E-state index contributed by atoms with van der Waals surface area (Å²) < 4.78 is 10.7. The van der Waals surface area contributed by atoms with Crippen LogP contribution in [-0.2, 0) is 9.53 Å². The minimum absolute atomic E-state index is 0.0689. The summed E-state index contributed by atoms with van der Waals surface area (Å²) in [5, 5.41) is 0. The molecule has 1 aromatic carbocycles. The third kappa shape index (κ3) is 2.54. The van der Waals surface area contributed by atoms with E-state index in [1.165, 1.54) is 0 Å². The third-order valence-corrected chi connectivity index (χ3v) is 2.51. The summed E-state index contributed by atoms with van der Waals surface area (Å²) >= 11 is 0. The van der Waals surface area contributed by atoms with Gasteiger partial charge in [0.05, 0.1) is 6.10 Å². The van der Waals surface area contributed by atoms with Gasteiger partial charge in [-0.15, -0.1) is 0 Å². The molecule has 0 aromatic heterocycles. The van der Waals surface area contributed by atoms with Crippen LogP contribution in [0.5, 0.6) is 5.75 Å². The van der Waals surface area contributed by atoms with Gasteiger partial charge in [0.15, 0.2) is 0 Å². The maximum absolute atomic E-state index is 11.0. The van der Waals surface area contributed by atoms with Gasteiger partial charge in [0, 0.05) is 6.42 Å². The van der Waals surface area contributed by atoms with Crippen molar-refractivity contribution in [3.63, 3.8) is 0 Å². The average molecular weight is 220 g/mol. The lowest BCUT2D eigenvalue weighted by Gasteiger charge is -2.12. The van der Waals surface area contributed by atoms with Crippen LogP contribution in [0.1, 0.15) is 38.4 Å². The molecule has 1 unspecified atom stereocenters. The standard InChI is InChI=1S/C13H16O3/c1-9(2)15-11-5-3-10(4-6-11)12-7-8-13(14)16-12/h3-6,9,12H,7-8H2,1-2H3. The Morgan fingerprint density at radius 2 is 2.00 bits per heavy atom. The Morgan fingerprint density at radius 1 is 1.31 bits per heavy atom. The highest BCUT2D eigenvalue weighted by Gasteiger charge is 2.24. The first-order valence-corrected chi connectivity index (χ1v) is 5.61. The Labute approximate surface area is 95.4 Å². The van der Waals surface area contributed by atoms with E-state index in [9.17, 15) is 4.79 Å². The van der Waals surface area contributed by atoms with Gasteiger partial charge in [-0.25, -0.2) is 0 Å². The Morgan fingerprint density at radius 3 is 2.50 bits per heavy atom. The molecule has 0 aliphatic carbocycles. The number of hydrogen-bond donors (Lipinski definition) is 0. The second kappa shape index (κ2) is 4.56. The lowest BCUT2D eigenvalue weighted by Crippen LogP contribution is -2.05. The highest BCUT2D eigenvalue weighted by atomic mass is 16.5. The molecule has 1 heterocycles. The van der Waals surface area contributed by atoms with Crippen LogP contribution in [0.2, 0.25) is 0 Å². The van der Waals surface area contributed by atoms with Crippen molar-refractivity contribution in [2.45, 2.75) is 38.9 Å². The zero-order valence-electron chi connectivity index (χ0n) is 9.60. The number of hydrogen-bond acceptors (Lipinski definition) is 3. The predicted octanol–water partition coefficient (Wildman–Crippen LogP) is 2.85. The topological polar surface area (TPSA) is 35.5 Å². The van der Waals surface area contributed by atoms with Crippen molar-refractivity contribution < 1.29 is 14.3 Å². The van der Waals surface area contributed by atoms with Gasteiger partial charge >= 0.3 is 5.97 Å². The van der Waals surface area contributed by atoms with E-state index in [-0.39, 0.29) is 18.2 Å². The maximum atomic E-state index is 11.0. The van der Waals surface area contributed by atoms with Crippen LogP contribution in [0.25, 0.3) is 0 Å². The Kier molecular flexibility index (Phi) is 3.13. The minimum atomic E-state index is -0.104. The van der Waals surface area contributed by atoms with Crippen molar-refractivity contribution in [3.8, 4) is 5.75 Å². The van der Waals surface area contributed by atoms with Gasteiger partial charge in [0.2, 0.25) is 0 Å². The van der Waals surface area contributed by atoms with E-state index in [1.807, 2.05) is 38.1 Å². The SMILES string of the molecule is CC(C)Oc1ccc(C2CCC(=O)O2)cc1. The molecule has 1 saturated heterocycles. The monoisotopic (exact) mass is 220 g/mol. The van der Waals surface area contributed by atoms with E-state index in [0.29, 0.717) is 6.42 Å². The lowest BCUT2D eigenvalue weighted by molar-refractivity contribution is -0.141. The van der Waals surface area contributed by atoms with Crippen molar-refractivity contribution >= 4 is 5.97 Å². The summed E-state index contributed by atoms with van der Waals surface area (Å²) in [5.74, 6) is 0.746. The first-order valence-electron chi connectivity index (χ1n) is 5.61. The van der Waals surface area contributed by atoms with Crippen molar-refractivity contribution in [3.05, 3.63) is 29.8 Å². The molecule has 2 rings (SSSR count). The van der Waals surface area contributed by atoms with Gasteiger partial charge in [-0.2, -0.15) is 0 Å². The van der Waals surface area contributed by atoms with E-state index >= 15 is 0 Å². The van der Waals surface area contributed by atoms with E-state index in [4.69, 9.17) is 9.47 Å². The van der Waals surface area contributed by atoms with E-state index in [0.717, 1.165) is 17.7 Å². The normalized spacial score (nSPS) is 19.9. The molecule has 1 aromatic rings. The van der Waals surface area contributed by atoms with Crippen LogP contribution < -0.4 is 4.74 Å². The second-order valence-corrected chi connectivity index (χ2v) is 4.25. The molecule has 0 spiro atoms. The van der Waals surface area contributed by atoms with Gasteiger partial charge in [-0.1, -0.05) is 12.1 Å². The maximum Gasteiger partial charge on any atom is 0.306 e. The molecule has 16 heavy (non-hydrogen) atoms. The van der Waals surface area contributed by atoms with Crippen molar-refractivity contribution in [1.82, 2.24) is 0 Å². The first-order chi connectivity index (χ1) is 7.65. The summed E-state index contributed by atoms with van der Waals surface area (Å²) in [6, 6.07) is 7.75. The first kappa shape index (κ1) is 11.0. The zero-order valence-corrected chi connectivity index (χ0v) is 9.60. The molecule has 3 nitrogen and oxygen atoms in total. The summed E-state index contributed by atoms with van der Waals surface area (Å²) in [6.45, 7) is 3.99. The summed E-state index contributed by atoms with van der Waals surface area (Å²) in [6.07, 6.45) is 1.41. The number of esters is 1. The zero-order chi connectivity index (χ0) is 11.5. The molecule has 0 saturated carbocycles. The third-order valence-electron chi connectivity index (χ3n) is 2.51. The van der Waals surface area contributed by atoms with Crippen LogP contribution >= 0.6 is 0 Å². The molecule has 1 atom stereocenters. The molecule has 1 aliphatic rings. The fourth-order valence-electron chi connectivity index (χ4n) is 1.79. The van der Waals surface area contributed by atoms with Gasteiger partial charge < -0.3 is 9.47 Å². The number of benzene rings is 1. The quantitative estimate of drug-likeness (QED) is 0.735. The van der Waals surface area contributed by atoms with Crippen molar-refractivity contribution in [2.75, 3.05) is 0 Å². The summed E-state index contributed by atoms with van der Waals surface area (Å²) in [5.41, 5.74) is 1.04. The number of carbonyl (C=O) groups excluding carboxylic acids is 1. The Bertz CT molecular complexity index is 367. The lowest BCUT2D eigenvalue weighted by atomic mass is 10.1. The van der Waals surface area contributed by atoms with Gasteiger partial charge in [-0.05, 0) is 38.0 Å². The van der Waals surface area contributed by atoms with Crippen LogP contribution in [0, 0.1) is 0 Å². The summed E-state index contributed by atoms with van der Waals surface area (Å²) in [4.78, 5) is 11.0. The van der Waals surface area contributed by atoms with Crippen LogP contribution in [0.4, 0.5) is 0 Å². The van der Waals surface area contributed by atoms with Gasteiger partial charge in [-0.3, -0.25) is 4.79 Å². The molecule has 3 heteroatoms. The van der Waals surface area contributed by atoms with E-state index in [2.05, 4.69) is 0 Å². The molecular formula is C13H16O3. The molecule has 0 amide bonds. The van der Waals surface area contributed by atoms with Crippen LogP contribution in [-0.4, -0.2) is 12.1 Å². The predicted molar refractivity (Wildman–Crippen MR) is 60.3 cm³/mol. The fraction of sp³-hybridized carbons (Fsp3) is 0.462. The smallest absolute Gasteiger partial charge is 0.306 e. The fourth-order valence-corrected chi connectivity index (χ4v) is 1.79. The van der Waals surface area contributed by atoms with E-state index < -0.39 is 0 Å². The molecule has 1 aliphatic heterocycles. The molecule has 0 bridgehead atoms. The van der Waals surface area contributed by atoms with Crippen LogP contribution in [0.3, 0.4) is 0 Å². The average Bonchev–Trinajstić information content (AvgIpc) is 2.65. The summed E-state index contributed by atoms with van der Waals surface area (Å²) in [7, 11) is 0. The highest BCUT2D eigenvalue weighted by Crippen LogP contribution is 2.30. The highest BCUT2D eigenvalue weighted by molar-refractivity contribution is 5.71. The van der Waals surface area contributed by atoms with Crippen molar-refractivity contribution in [2.24, 2.45) is 0 Å². The van der Waals surface area contributed by atoms with Gasteiger partial charge in [0.25, 0.3) is 0 Å². The number of ether oxygens (including phenoxy) is 2. The molecule has 0 N–H and O–H groups in total. The van der Waals surface area contributed by atoms with Crippen LogP contribution in [0.15, 0.2) is 24.3 Å². The Balaban J connectivity index is 2.04. The number of carbonyl (C=O) groups is 1.